The maximum absolute atomic E-state index is 10.9. The summed E-state index contributed by atoms with van der Waals surface area (Å²) in [6.45, 7) is 2.02. The predicted octanol–water partition coefficient (Wildman–Crippen LogP) is 3.02. The molecule has 1 heterocycles. The lowest BCUT2D eigenvalue weighted by Crippen LogP contribution is -2.12. The van der Waals surface area contributed by atoms with Gasteiger partial charge in [-0.25, -0.2) is 4.79 Å². The van der Waals surface area contributed by atoms with Crippen molar-refractivity contribution in [1.29, 1.82) is 0 Å². The van der Waals surface area contributed by atoms with Crippen LogP contribution >= 0.6 is 11.3 Å². The SMILES string of the molecule is Cc1scc(C(=O)O)c1C1CCC1. The van der Waals surface area contributed by atoms with Crippen molar-refractivity contribution in [2.75, 3.05) is 0 Å². The molecule has 1 fully saturated rings. The Bertz CT molecular complexity index is 337. The van der Waals surface area contributed by atoms with E-state index in [-0.39, 0.29) is 0 Å². The van der Waals surface area contributed by atoms with Crippen LogP contribution in [0.25, 0.3) is 0 Å². The fourth-order valence-corrected chi connectivity index (χ4v) is 2.76. The third-order valence-corrected chi connectivity index (χ3v) is 3.69. The van der Waals surface area contributed by atoms with Gasteiger partial charge in [-0.3, -0.25) is 0 Å². The Kier molecular flexibility index (Phi) is 2.12. The number of aromatic carboxylic acids is 1. The Morgan fingerprint density at radius 3 is 2.77 bits per heavy atom. The van der Waals surface area contributed by atoms with Crippen LogP contribution < -0.4 is 0 Å². The summed E-state index contributed by atoms with van der Waals surface area (Å²) in [4.78, 5) is 12.1. The number of rotatable bonds is 2. The van der Waals surface area contributed by atoms with E-state index in [9.17, 15) is 4.79 Å². The van der Waals surface area contributed by atoms with E-state index in [1.165, 1.54) is 11.3 Å². The molecule has 13 heavy (non-hydrogen) atoms. The smallest absolute Gasteiger partial charge is 0.336 e. The highest BCUT2D eigenvalue weighted by Crippen LogP contribution is 2.41. The van der Waals surface area contributed by atoms with Crippen LogP contribution in [0, 0.1) is 6.92 Å². The second kappa shape index (κ2) is 3.14. The Morgan fingerprint density at radius 2 is 2.31 bits per heavy atom. The van der Waals surface area contributed by atoms with Crippen molar-refractivity contribution in [3.8, 4) is 0 Å². The van der Waals surface area contributed by atoms with Crippen molar-refractivity contribution in [3.63, 3.8) is 0 Å². The van der Waals surface area contributed by atoms with Gasteiger partial charge in [-0.15, -0.1) is 11.3 Å². The lowest BCUT2D eigenvalue weighted by molar-refractivity contribution is 0.0695. The van der Waals surface area contributed by atoms with E-state index >= 15 is 0 Å². The first-order valence-electron chi connectivity index (χ1n) is 4.51. The van der Waals surface area contributed by atoms with Crippen LogP contribution in [0.5, 0.6) is 0 Å². The zero-order valence-corrected chi connectivity index (χ0v) is 8.36. The highest BCUT2D eigenvalue weighted by Gasteiger charge is 2.27. The van der Waals surface area contributed by atoms with Crippen LogP contribution in [0.3, 0.4) is 0 Å². The van der Waals surface area contributed by atoms with Gasteiger partial charge in [-0.2, -0.15) is 0 Å². The molecule has 0 radical (unpaired) electrons. The lowest BCUT2D eigenvalue weighted by atomic mass is 9.78. The predicted molar refractivity (Wildman–Crippen MR) is 52.6 cm³/mol. The summed E-state index contributed by atoms with van der Waals surface area (Å²) >= 11 is 1.56. The minimum atomic E-state index is -0.772. The van der Waals surface area contributed by atoms with E-state index in [2.05, 4.69) is 0 Å². The van der Waals surface area contributed by atoms with Crippen molar-refractivity contribution < 1.29 is 9.90 Å². The second-order valence-corrected chi connectivity index (χ2v) is 4.64. The lowest BCUT2D eigenvalue weighted by Gasteiger charge is -2.26. The van der Waals surface area contributed by atoms with Crippen molar-refractivity contribution in [2.45, 2.75) is 32.1 Å². The first kappa shape index (κ1) is 8.75. The first-order valence-corrected chi connectivity index (χ1v) is 5.39. The Labute approximate surface area is 81.2 Å². The fourth-order valence-electron chi connectivity index (χ4n) is 1.83. The molecule has 2 nitrogen and oxygen atoms in total. The summed E-state index contributed by atoms with van der Waals surface area (Å²) in [5.74, 6) is -0.247. The average molecular weight is 196 g/mol. The number of hydrogen-bond acceptors (Lipinski definition) is 2. The molecule has 0 amide bonds. The molecule has 0 bridgehead atoms. The van der Waals surface area contributed by atoms with Crippen molar-refractivity contribution in [3.05, 3.63) is 21.4 Å². The monoisotopic (exact) mass is 196 g/mol. The molecule has 0 atom stereocenters. The normalized spacial score (nSPS) is 17.0. The maximum Gasteiger partial charge on any atom is 0.336 e. The zero-order chi connectivity index (χ0) is 9.42. The van der Waals surface area contributed by atoms with E-state index < -0.39 is 5.97 Å². The molecule has 1 aliphatic rings. The molecule has 0 saturated heterocycles. The summed E-state index contributed by atoms with van der Waals surface area (Å²) in [7, 11) is 0. The third kappa shape index (κ3) is 1.37. The Balaban J connectivity index is 2.39. The Morgan fingerprint density at radius 1 is 1.62 bits per heavy atom. The molecule has 3 heteroatoms. The summed E-state index contributed by atoms with van der Waals surface area (Å²) in [5.41, 5.74) is 1.64. The minimum Gasteiger partial charge on any atom is -0.478 e. The summed E-state index contributed by atoms with van der Waals surface area (Å²) < 4.78 is 0. The van der Waals surface area contributed by atoms with Crippen molar-refractivity contribution in [1.82, 2.24) is 0 Å². The van der Waals surface area contributed by atoms with E-state index in [1.807, 2.05) is 6.92 Å². The number of carboxylic acid groups (broad SMARTS) is 1. The van der Waals surface area contributed by atoms with Gasteiger partial charge in [0.1, 0.15) is 0 Å². The number of aryl methyl sites for hydroxylation is 1. The van der Waals surface area contributed by atoms with E-state index in [4.69, 9.17) is 5.11 Å². The average Bonchev–Trinajstić information content (AvgIpc) is 2.30. The molecule has 0 aromatic carbocycles. The fraction of sp³-hybridized carbons (Fsp3) is 0.500. The van der Waals surface area contributed by atoms with E-state index in [1.54, 1.807) is 16.7 Å². The largest absolute Gasteiger partial charge is 0.478 e. The van der Waals surface area contributed by atoms with Crippen LogP contribution in [-0.4, -0.2) is 11.1 Å². The van der Waals surface area contributed by atoms with Gasteiger partial charge in [0, 0.05) is 10.3 Å². The topological polar surface area (TPSA) is 37.3 Å². The molecule has 2 rings (SSSR count). The molecular formula is C10H12O2S. The summed E-state index contributed by atoms with van der Waals surface area (Å²) in [5, 5.41) is 10.7. The van der Waals surface area contributed by atoms with Crippen molar-refractivity contribution >= 4 is 17.3 Å². The van der Waals surface area contributed by atoms with Gasteiger partial charge in [0.2, 0.25) is 0 Å². The van der Waals surface area contributed by atoms with Crippen molar-refractivity contribution in [2.24, 2.45) is 0 Å². The highest BCUT2D eigenvalue weighted by molar-refractivity contribution is 7.10. The van der Waals surface area contributed by atoms with E-state index in [0.29, 0.717) is 11.5 Å². The molecule has 1 aromatic rings. The second-order valence-electron chi connectivity index (χ2n) is 3.55. The molecule has 0 aliphatic heterocycles. The van der Waals surface area contributed by atoms with Gasteiger partial charge >= 0.3 is 5.97 Å². The minimum absolute atomic E-state index is 0.525. The van der Waals surface area contributed by atoms with Gasteiger partial charge < -0.3 is 5.11 Å². The summed E-state index contributed by atoms with van der Waals surface area (Å²) in [6.07, 6.45) is 3.58. The van der Waals surface area contributed by atoms with E-state index in [0.717, 1.165) is 18.4 Å². The number of hydrogen-bond donors (Lipinski definition) is 1. The number of thiophene rings is 1. The van der Waals surface area contributed by atoms with Gasteiger partial charge in [-0.05, 0) is 31.2 Å². The molecule has 1 aliphatic carbocycles. The van der Waals surface area contributed by atoms with Gasteiger partial charge in [0.25, 0.3) is 0 Å². The van der Waals surface area contributed by atoms with Gasteiger partial charge in [-0.1, -0.05) is 6.42 Å². The maximum atomic E-state index is 10.9. The molecule has 1 aromatic heterocycles. The molecule has 1 saturated carbocycles. The molecule has 0 unspecified atom stereocenters. The molecule has 70 valence electrons. The van der Waals surface area contributed by atoms with Crippen LogP contribution in [0.15, 0.2) is 5.38 Å². The highest BCUT2D eigenvalue weighted by atomic mass is 32.1. The molecular weight excluding hydrogens is 184 g/mol. The number of carboxylic acids is 1. The quantitative estimate of drug-likeness (QED) is 0.789. The first-order chi connectivity index (χ1) is 6.20. The van der Waals surface area contributed by atoms with Crippen LogP contribution in [0.2, 0.25) is 0 Å². The number of carbonyl (C=O) groups is 1. The van der Waals surface area contributed by atoms with Crippen LogP contribution in [0.4, 0.5) is 0 Å². The van der Waals surface area contributed by atoms with Crippen LogP contribution in [0.1, 0.15) is 46.0 Å². The zero-order valence-electron chi connectivity index (χ0n) is 7.54. The summed E-state index contributed by atoms with van der Waals surface area (Å²) in [6, 6.07) is 0. The Hall–Kier alpha value is -0.830. The van der Waals surface area contributed by atoms with Crippen LogP contribution in [-0.2, 0) is 0 Å². The molecule has 0 spiro atoms. The third-order valence-electron chi connectivity index (χ3n) is 2.77. The molecule has 1 N–H and O–H groups in total. The standard InChI is InChI=1S/C10H12O2S/c1-6-9(7-3-2-4-7)8(5-13-6)10(11)12/h5,7H,2-4H2,1H3,(H,11,12). The van der Waals surface area contributed by atoms with Gasteiger partial charge in [0.15, 0.2) is 0 Å². The van der Waals surface area contributed by atoms with Gasteiger partial charge in [0.05, 0.1) is 5.56 Å².